The van der Waals surface area contributed by atoms with Crippen LogP contribution in [0.5, 0.6) is 0 Å². The van der Waals surface area contributed by atoms with E-state index in [1.807, 2.05) is 60.7 Å². The first-order chi connectivity index (χ1) is 14.6. The number of nitrogens with zero attached hydrogens (tertiary/aromatic N) is 1. The van der Waals surface area contributed by atoms with Crippen LogP contribution < -0.4 is 10.7 Å². The molecule has 0 heterocycles. The van der Waals surface area contributed by atoms with E-state index in [-0.39, 0.29) is 12.5 Å². The molecule has 0 fully saturated rings. The van der Waals surface area contributed by atoms with E-state index in [2.05, 4.69) is 15.8 Å². The summed E-state index contributed by atoms with van der Waals surface area (Å²) in [5.74, 6) is -1.27. The fraction of sp³-hybridized carbons (Fsp3) is 0.0870. The van der Waals surface area contributed by atoms with Gasteiger partial charge in [0.15, 0.2) is 0 Å². The Kier molecular flexibility index (Phi) is 7.60. The highest BCUT2D eigenvalue weighted by atomic mass is 35.5. The number of halogens is 2. The predicted molar refractivity (Wildman–Crippen MR) is 120 cm³/mol. The smallest absolute Gasteiger partial charge is 0.259 e. The third-order valence-corrected chi connectivity index (χ3v) is 4.99. The largest absolute Gasteiger partial charge is 0.346 e. The first-order valence-electron chi connectivity index (χ1n) is 9.20. The van der Waals surface area contributed by atoms with Crippen LogP contribution in [0.4, 0.5) is 0 Å². The minimum absolute atomic E-state index is 0.220. The molecule has 0 saturated carbocycles. The minimum atomic E-state index is -0.523. The lowest BCUT2D eigenvalue weighted by Crippen LogP contribution is -2.37. The Hall–Kier alpha value is -3.15. The van der Waals surface area contributed by atoms with Gasteiger partial charge in [-0.2, -0.15) is 5.10 Å². The molecule has 152 valence electrons. The molecule has 0 unspecified atom stereocenters. The predicted octanol–water partition coefficient (Wildman–Crippen LogP) is 4.39. The van der Waals surface area contributed by atoms with Crippen LogP contribution in [0.1, 0.15) is 22.6 Å². The third kappa shape index (κ3) is 5.69. The summed E-state index contributed by atoms with van der Waals surface area (Å²) >= 11 is 12.1. The Morgan fingerprint density at radius 3 is 1.90 bits per heavy atom. The molecule has 3 rings (SSSR count). The molecular formula is C23H19Cl2N3O2. The molecule has 0 spiro atoms. The summed E-state index contributed by atoms with van der Waals surface area (Å²) in [7, 11) is 0. The van der Waals surface area contributed by atoms with Crippen molar-refractivity contribution in [3.8, 4) is 0 Å². The topological polar surface area (TPSA) is 70.6 Å². The Morgan fingerprint density at radius 1 is 0.833 bits per heavy atom. The molecule has 7 heteroatoms. The van der Waals surface area contributed by atoms with Gasteiger partial charge in [-0.3, -0.25) is 9.59 Å². The number of carbonyl (C=O) groups is 2. The monoisotopic (exact) mass is 439 g/mol. The molecular weight excluding hydrogens is 421 g/mol. The number of rotatable bonds is 7. The van der Waals surface area contributed by atoms with Gasteiger partial charge >= 0.3 is 0 Å². The number of benzene rings is 3. The second-order valence-corrected chi connectivity index (χ2v) is 7.22. The molecule has 0 aliphatic rings. The van der Waals surface area contributed by atoms with E-state index < -0.39 is 11.8 Å². The maximum absolute atomic E-state index is 12.9. The Morgan fingerprint density at radius 2 is 1.37 bits per heavy atom. The Balaban J connectivity index is 1.63. The van der Waals surface area contributed by atoms with E-state index in [0.717, 1.165) is 11.1 Å². The Labute approximate surface area is 184 Å². The van der Waals surface area contributed by atoms with Crippen molar-refractivity contribution in [2.75, 3.05) is 6.54 Å². The number of nitrogens with one attached hydrogen (secondary N) is 2. The standard InChI is InChI=1S/C23H19Cl2N3O2/c24-19-12-7-13-20(25)18(19)14-27-28-21(29)15-26-23(30)22(16-8-3-1-4-9-16)17-10-5-2-6-11-17/h1-14,22H,15H2,(H,26,30)(H,28,29). The first-order valence-corrected chi connectivity index (χ1v) is 9.95. The normalized spacial score (nSPS) is 10.9. The fourth-order valence-electron chi connectivity index (χ4n) is 2.90. The van der Waals surface area contributed by atoms with Gasteiger partial charge in [-0.15, -0.1) is 0 Å². The van der Waals surface area contributed by atoms with Crippen molar-refractivity contribution in [1.82, 2.24) is 10.7 Å². The van der Waals surface area contributed by atoms with Crippen LogP contribution in [-0.2, 0) is 9.59 Å². The zero-order valence-electron chi connectivity index (χ0n) is 15.9. The highest BCUT2D eigenvalue weighted by Gasteiger charge is 2.22. The molecule has 2 amide bonds. The van der Waals surface area contributed by atoms with Crippen molar-refractivity contribution in [1.29, 1.82) is 0 Å². The second-order valence-electron chi connectivity index (χ2n) is 6.40. The summed E-state index contributed by atoms with van der Waals surface area (Å²) in [6.45, 7) is -0.220. The van der Waals surface area contributed by atoms with Gasteiger partial charge in [0.25, 0.3) is 5.91 Å². The minimum Gasteiger partial charge on any atom is -0.346 e. The van der Waals surface area contributed by atoms with Gasteiger partial charge < -0.3 is 5.32 Å². The molecule has 5 nitrogen and oxygen atoms in total. The average molecular weight is 440 g/mol. The van der Waals surface area contributed by atoms with E-state index >= 15 is 0 Å². The van der Waals surface area contributed by atoms with E-state index in [1.54, 1.807) is 18.2 Å². The van der Waals surface area contributed by atoms with Crippen LogP contribution >= 0.6 is 23.2 Å². The number of amides is 2. The molecule has 0 bridgehead atoms. The van der Waals surface area contributed by atoms with Gasteiger partial charge in [0.2, 0.25) is 5.91 Å². The van der Waals surface area contributed by atoms with E-state index in [0.29, 0.717) is 15.6 Å². The van der Waals surface area contributed by atoms with Gasteiger partial charge in [-0.25, -0.2) is 5.43 Å². The SMILES string of the molecule is O=C(CNC(=O)C(c1ccccc1)c1ccccc1)NN=Cc1c(Cl)cccc1Cl. The van der Waals surface area contributed by atoms with E-state index in [1.165, 1.54) is 6.21 Å². The summed E-state index contributed by atoms with van der Waals surface area (Å²) in [6, 6.07) is 23.9. The maximum atomic E-state index is 12.9. The van der Waals surface area contributed by atoms with Crippen LogP contribution in [0.3, 0.4) is 0 Å². The van der Waals surface area contributed by atoms with Crippen LogP contribution in [0, 0.1) is 0 Å². The van der Waals surface area contributed by atoms with Gasteiger partial charge in [0.1, 0.15) is 0 Å². The number of hydrogen-bond donors (Lipinski definition) is 2. The zero-order valence-corrected chi connectivity index (χ0v) is 17.4. The van der Waals surface area contributed by atoms with Crippen LogP contribution in [0.2, 0.25) is 10.0 Å². The van der Waals surface area contributed by atoms with Crippen LogP contribution in [-0.4, -0.2) is 24.6 Å². The molecule has 3 aromatic rings. The van der Waals surface area contributed by atoms with Crippen molar-refractivity contribution < 1.29 is 9.59 Å². The van der Waals surface area contributed by atoms with Crippen molar-refractivity contribution in [2.24, 2.45) is 5.10 Å². The van der Waals surface area contributed by atoms with Crippen molar-refractivity contribution in [2.45, 2.75) is 5.92 Å². The van der Waals surface area contributed by atoms with Gasteiger partial charge in [-0.1, -0.05) is 89.9 Å². The summed E-state index contributed by atoms with van der Waals surface area (Å²) in [4.78, 5) is 25.0. The molecule has 0 atom stereocenters. The molecule has 0 aliphatic carbocycles. The Bertz CT molecular complexity index is 981. The van der Waals surface area contributed by atoms with E-state index in [4.69, 9.17) is 23.2 Å². The average Bonchev–Trinajstić information content (AvgIpc) is 2.76. The van der Waals surface area contributed by atoms with Gasteiger partial charge in [-0.05, 0) is 23.3 Å². The number of carbonyl (C=O) groups excluding carboxylic acids is 2. The van der Waals surface area contributed by atoms with Crippen LogP contribution in [0.25, 0.3) is 0 Å². The highest BCUT2D eigenvalue weighted by molar-refractivity contribution is 6.38. The first kappa shape index (κ1) is 21.6. The van der Waals surface area contributed by atoms with Crippen molar-refractivity contribution in [3.63, 3.8) is 0 Å². The third-order valence-electron chi connectivity index (χ3n) is 4.33. The summed E-state index contributed by atoms with van der Waals surface area (Å²) < 4.78 is 0. The van der Waals surface area contributed by atoms with E-state index in [9.17, 15) is 9.59 Å². The van der Waals surface area contributed by atoms with Crippen molar-refractivity contribution in [3.05, 3.63) is 106 Å². The molecule has 0 radical (unpaired) electrons. The van der Waals surface area contributed by atoms with Gasteiger partial charge in [0, 0.05) is 5.56 Å². The molecule has 2 N–H and O–H groups in total. The molecule has 0 saturated heterocycles. The number of hydrogen-bond acceptors (Lipinski definition) is 3. The summed E-state index contributed by atoms with van der Waals surface area (Å²) in [6.07, 6.45) is 1.36. The fourth-order valence-corrected chi connectivity index (χ4v) is 3.39. The zero-order chi connectivity index (χ0) is 21.3. The molecule has 0 aromatic heterocycles. The van der Waals surface area contributed by atoms with Crippen LogP contribution in [0.15, 0.2) is 84.0 Å². The summed E-state index contributed by atoms with van der Waals surface area (Å²) in [5, 5.41) is 7.37. The van der Waals surface area contributed by atoms with Crippen molar-refractivity contribution >= 4 is 41.2 Å². The lowest BCUT2D eigenvalue weighted by Gasteiger charge is -2.17. The quantitative estimate of drug-likeness (QED) is 0.423. The second kappa shape index (κ2) is 10.6. The lowest BCUT2D eigenvalue weighted by atomic mass is 9.90. The van der Waals surface area contributed by atoms with Gasteiger partial charge in [0.05, 0.1) is 28.7 Å². The number of hydrazone groups is 1. The lowest BCUT2D eigenvalue weighted by molar-refractivity contribution is -0.126. The molecule has 0 aliphatic heterocycles. The molecule has 30 heavy (non-hydrogen) atoms. The maximum Gasteiger partial charge on any atom is 0.259 e. The highest BCUT2D eigenvalue weighted by Crippen LogP contribution is 2.24. The summed E-state index contributed by atoms with van der Waals surface area (Å²) in [5.41, 5.74) is 4.54. The molecule has 3 aromatic carbocycles.